The fourth-order valence-corrected chi connectivity index (χ4v) is 4.76. The van der Waals surface area contributed by atoms with Crippen LogP contribution in [-0.4, -0.2) is 43.4 Å². The van der Waals surface area contributed by atoms with Crippen molar-refractivity contribution in [1.82, 2.24) is 5.01 Å². The quantitative estimate of drug-likeness (QED) is 0.845. The summed E-state index contributed by atoms with van der Waals surface area (Å²) in [6.07, 6.45) is 3.55. The van der Waals surface area contributed by atoms with Gasteiger partial charge in [-0.3, -0.25) is 4.79 Å². The van der Waals surface area contributed by atoms with Gasteiger partial charge in [-0.05, 0) is 48.4 Å². The van der Waals surface area contributed by atoms with E-state index in [1.54, 1.807) is 18.4 Å². The van der Waals surface area contributed by atoms with Crippen molar-refractivity contribution in [1.29, 1.82) is 0 Å². The number of rotatable bonds is 5. The van der Waals surface area contributed by atoms with Crippen LogP contribution in [0.15, 0.2) is 52.2 Å². The van der Waals surface area contributed by atoms with Crippen LogP contribution in [0.3, 0.4) is 0 Å². The molecule has 1 aromatic carbocycles. The van der Waals surface area contributed by atoms with Gasteiger partial charge in [0, 0.05) is 18.3 Å². The Morgan fingerprint density at radius 2 is 1.93 bits per heavy atom. The lowest BCUT2D eigenvalue weighted by Gasteiger charge is -2.32. The van der Waals surface area contributed by atoms with Crippen molar-refractivity contribution in [2.75, 3.05) is 26.7 Å². The largest absolute Gasteiger partial charge is 0.497 e. The molecule has 3 heterocycles. The Morgan fingerprint density at radius 3 is 2.55 bits per heavy atom. The number of nitrogens with zero attached hydrogens (tertiary/aromatic N) is 2. The van der Waals surface area contributed by atoms with Crippen molar-refractivity contribution in [3.8, 4) is 5.75 Å². The Labute approximate surface area is 172 Å². The first-order valence-electron chi connectivity index (χ1n) is 10.4. The van der Waals surface area contributed by atoms with Crippen LogP contribution < -0.4 is 9.64 Å². The number of quaternary nitrogens is 1. The summed E-state index contributed by atoms with van der Waals surface area (Å²) in [6, 6.07) is 11.4. The maximum absolute atomic E-state index is 13.2. The van der Waals surface area contributed by atoms with Crippen LogP contribution in [0.2, 0.25) is 0 Å². The average Bonchev–Trinajstić information content (AvgIpc) is 3.37. The van der Waals surface area contributed by atoms with E-state index < -0.39 is 0 Å². The Kier molecular flexibility index (Phi) is 5.72. The van der Waals surface area contributed by atoms with E-state index in [-0.39, 0.29) is 11.9 Å². The van der Waals surface area contributed by atoms with Crippen LogP contribution in [0.1, 0.15) is 44.1 Å². The zero-order chi connectivity index (χ0) is 20.4. The van der Waals surface area contributed by atoms with Crippen LogP contribution in [0.5, 0.6) is 5.75 Å². The molecule has 2 aromatic rings. The lowest BCUT2D eigenvalue weighted by Crippen LogP contribution is -3.15. The molecule has 0 bridgehead atoms. The van der Waals surface area contributed by atoms with Crippen LogP contribution >= 0.6 is 0 Å². The van der Waals surface area contributed by atoms with E-state index in [0.717, 1.165) is 35.9 Å². The number of methoxy groups -OCH3 is 1. The van der Waals surface area contributed by atoms with Crippen LogP contribution in [0, 0.1) is 11.8 Å². The van der Waals surface area contributed by atoms with Gasteiger partial charge in [0.1, 0.15) is 17.6 Å². The molecular weight excluding hydrogens is 366 g/mol. The van der Waals surface area contributed by atoms with Crippen LogP contribution in [0.4, 0.5) is 0 Å². The zero-order valence-corrected chi connectivity index (χ0v) is 17.4. The number of hydrogen-bond donors (Lipinski definition) is 1. The normalized spacial score (nSPS) is 27.0. The predicted molar refractivity (Wildman–Crippen MR) is 111 cm³/mol. The smallest absolute Gasteiger partial charge is 0.298 e. The van der Waals surface area contributed by atoms with E-state index in [1.165, 1.54) is 11.3 Å². The maximum atomic E-state index is 13.2. The molecule has 1 N–H and O–H groups in total. The van der Waals surface area contributed by atoms with E-state index in [9.17, 15) is 4.79 Å². The SMILES string of the molecule is COc1ccc(C2=NN(C(=O)C[NH+]3C[C@H](C)C[C@@H](C)C3)[C@H](c3ccco3)C2)cc1. The number of nitrogens with one attached hydrogen (secondary N) is 1. The number of carbonyl (C=O) groups is 1. The highest BCUT2D eigenvalue weighted by Gasteiger charge is 2.37. The third-order valence-electron chi connectivity index (χ3n) is 5.94. The molecule has 1 amide bonds. The van der Waals surface area contributed by atoms with Crippen molar-refractivity contribution < 1.29 is 18.8 Å². The van der Waals surface area contributed by atoms with Gasteiger partial charge >= 0.3 is 0 Å². The number of piperidine rings is 1. The summed E-state index contributed by atoms with van der Waals surface area (Å²) in [4.78, 5) is 14.6. The Bertz CT molecular complexity index is 850. The average molecular weight is 397 g/mol. The summed E-state index contributed by atoms with van der Waals surface area (Å²) >= 11 is 0. The summed E-state index contributed by atoms with van der Waals surface area (Å²) in [7, 11) is 1.65. The zero-order valence-electron chi connectivity index (χ0n) is 17.4. The third kappa shape index (κ3) is 4.37. The first kappa shape index (κ1) is 19.7. The Hall–Kier alpha value is -2.60. The van der Waals surface area contributed by atoms with Crippen LogP contribution in [-0.2, 0) is 4.79 Å². The fourth-order valence-electron chi connectivity index (χ4n) is 4.76. The van der Waals surface area contributed by atoms with Crippen LogP contribution in [0.25, 0.3) is 0 Å². The number of ether oxygens (including phenoxy) is 1. The first-order chi connectivity index (χ1) is 14.0. The molecule has 2 aliphatic rings. The molecule has 154 valence electrons. The number of amides is 1. The molecule has 4 rings (SSSR count). The summed E-state index contributed by atoms with van der Waals surface area (Å²) in [6.45, 7) is 7.13. The van der Waals surface area contributed by atoms with Gasteiger partial charge in [-0.25, -0.2) is 5.01 Å². The minimum atomic E-state index is -0.186. The lowest BCUT2D eigenvalue weighted by atomic mass is 9.92. The van der Waals surface area contributed by atoms with Crippen molar-refractivity contribution >= 4 is 11.6 Å². The molecular formula is C23H30N3O3+. The Balaban J connectivity index is 1.55. The second-order valence-electron chi connectivity index (χ2n) is 8.53. The molecule has 0 spiro atoms. The highest BCUT2D eigenvalue weighted by molar-refractivity contribution is 6.03. The van der Waals surface area contributed by atoms with Crippen molar-refractivity contribution in [2.24, 2.45) is 16.9 Å². The van der Waals surface area contributed by atoms with Gasteiger partial charge in [-0.1, -0.05) is 13.8 Å². The van der Waals surface area contributed by atoms with Gasteiger partial charge < -0.3 is 14.1 Å². The van der Waals surface area contributed by atoms with E-state index in [1.807, 2.05) is 36.4 Å². The Morgan fingerprint density at radius 1 is 1.21 bits per heavy atom. The maximum Gasteiger partial charge on any atom is 0.298 e. The highest BCUT2D eigenvalue weighted by Crippen LogP contribution is 2.33. The van der Waals surface area contributed by atoms with Gasteiger partial charge in [0.25, 0.3) is 5.91 Å². The number of furan rings is 1. The van der Waals surface area contributed by atoms with Gasteiger partial charge in [-0.2, -0.15) is 5.10 Å². The van der Waals surface area contributed by atoms with E-state index in [2.05, 4.69) is 13.8 Å². The summed E-state index contributed by atoms with van der Waals surface area (Å²) < 4.78 is 10.9. The molecule has 1 saturated heterocycles. The summed E-state index contributed by atoms with van der Waals surface area (Å²) in [5, 5.41) is 6.39. The monoisotopic (exact) mass is 396 g/mol. The second-order valence-corrected chi connectivity index (χ2v) is 8.53. The molecule has 2 aliphatic heterocycles. The summed E-state index contributed by atoms with van der Waals surface area (Å²) in [5.74, 6) is 2.95. The van der Waals surface area contributed by atoms with Gasteiger partial charge in [-0.15, -0.1) is 0 Å². The molecule has 1 aromatic heterocycles. The van der Waals surface area contributed by atoms with Gasteiger partial charge in [0.2, 0.25) is 0 Å². The van der Waals surface area contributed by atoms with E-state index in [0.29, 0.717) is 24.8 Å². The molecule has 0 unspecified atom stereocenters. The molecule has 0 saturated carbocycles. The van der Waals surface area contributed by atoms with Crippen molar-refractivity contribution in [3.63, 3.8) is 0 Å². The third-order valence-corrected chi connectivity index (χ3v) is 5.94. The number of hydrazone groups is 1. The fraction of sp³-hybridized carbons (Fsp3) is 0.478. The number of likely N-dealkylation sites (tertiary alicyclic amines) is 1. The molecule has 29 heavy (non-hydrogen) atoms. The van der Waals surface area contributed by atoms with Gasteiger partial charge in [0.05, 0.1) is 32.2 Å². The van der Waals surface area contributed by atoms with Gasteiger partial charge in [0.15, 0.2) is 6.54 Å². The molecule has 0 aliphatic carbocycles. The molecule has 0 radical (unpaired) electrons. The number of hydrogen-bond acceptors (Lipinski definition) is 4. The molecule has 6 nitrogen and oxygen atoms in total. The summed E-state index contributed by atoms with van der Waals surface area (Å²) in [5.41, 5.74) is 1.91. The topological polar surface area (TPSA) is 59.5 Å². The van der Waals surface area contributed by atoms with Crippen molar-refractivity contribution in [3.05, 3.63) is 54.0 Å². The van der Waals surface area contributed by atoms with E-state index >= 15 is 0 Å². The predicted octanol–water partition coefficient (Wildman–Crippen LogP) is 2.53. The molecule has 1 fully saturated rings. The minimum Gasteiger partial charge on any atom is -0.497 e. The lowest BCUT2D eigenvalue weighted by molar-refractivity contribution is -0.904. The molecule has 3 atom stereocenters. The molecule has 6 heteroatoms. The second kappa shape index (κ2) is 8.41. The van der Waals surface area contributed by atoms with Crippen molar-refractivity contribution in [2.45, 2.75) is 32.7 Å². The minimum absolute atomic E-state index is 0.0613. The number of carbonyl (C=O) groups excluding carboxylic acids is 1. The first-order valence-corrected chi connectivity index (χ1v) is 10.4. The highest BCUT2D eigenvalue weighted by atomic mass is 16.5. The standard InChI is InChI=1S/C23H29N3O3/c1-16-11-17(2)14-25(13-16)15-23(27)26-21(22-5-4-10-29-22)12-20(24-26)18-6-8-19(28-3)9-7-18/h4-10,16-17,21H,11-15H2,1-3H3/p+1/t16-,17-,21+/m1/s1. The van der Waals surface area contributed by atoms with E-state index in [4.69, 9.17) is 14.3 Å². The number of benzene rings is 1.